The van der Waals surface area contributed by atoms with E-state index in [2.05, 4.69) is 35.7 Å². The predicted octanol–water partition coefficient (Wildman–Crippen LogP) is 5.54. The van der Waals surface area contributed by atoms with E-state index < -0.39 is 0 Å². The molecule has 1 nitrogen and oxygen atoms in total. The van der Waals surface area contributed by atoms with E-state index in [1.54, 1.807) is 12.1 Å². The highest BCUT2D eigenvalue weighted by atomic mass is 19.1. The van der Waals surface area contributed by atoms with Crippen molar-refractivity contribution in [1.82, 2.24) is 4.90 Å². The summed E-state index contributed by atoms with van der Waals surface area (Å²) in [7, 11) is 0. The largest absolute Gasteiger partial charge is 0.291 e. The Morgan fingerprint density at radius 2 is 1.20 bits per heavy atom. The lowest BCUT2D eigenvalue weighted by Gasteiger charge is -2.24. The molecule has 0 aliphatic carbocycles. The molecule has 0 aliphatic rings. The molecule has 3 aromatic rings. The zero-order valence-corrected chi connectivity index (χ0v) is 14.2. The quantitative estimate of drug-likeness (QED) is 0.549. The van der Waals surface area contributed by atoms with E-state index in [0.717, 1.165) is 18.7 Å². The van der Waals surface area contributed by atoms with E-state index in [9.17, 15) is 4.39 Å². The first-order chi connectivity index (χ1) is 12.2. The van der Waals surface area contributed by atoms with Crippen molar-refractivity contribution >= 4 is 5.57 Å². The molecule has 0 radical (unpaired) electrons. The molecule has 0 unspecified atom stereocenters. The Morgan fingerprint density at radius 3 is 1.72 bits per heavy atom. The van der Waals surface area contributed by atoms with Gasteiger partial charge in [-0.05, 0) is 22.8 Å². The Bertz CT molecular complexity index is 770. The number of nitrogens with zero attached hydrogens (tertiary/aromatic N) is 1. The zero-order valence-electron chi connectivity index (χ0n) is 14.2. The number of hydrogen-bond donors (Lipinski definition) is 0. The van der Waals surface area contributed by atoms with Crippen molar-refractivity contribution in [2.45, 2.75) is 13.1 Å². The molecule has 0 heterocycles. The maximum atomic E-state index is 14.1. The molecular formula is C23H22FN. The molecule has 0 fully saturated rings. The van der Waals surface area contributed by atoms with Crippen molar-refractivity contribution in [1.29, 1.82) is 0 Å². The number of halogens is 1. The fraction of sp³-hybridized carbons (Fsp3) is 0.130. The Kier molecular flexibility index (Phi) is 5.76. The highest BCUT2D eigenvalue weighted by molar-refractivity contribution is 5.65. The lowest BCUT2D eigenvalue weighted by atomic mass is 10.1. The van der Waals surface area contributed by atoms with Crippen LogP contribution in [0.1, 0.15) is 16.7 Å². The molecule has 25 heavy (non-hydrogen) atoms. The number of hydrogen-bond acceptors (Lipinski definition) is 1. The number of rotatable bonds is 7. The van der Waals surface area contributed by atoms with Crippen LogP contribution in [0.15, 0.2) is 91.5 Å². The molecule has 0 spiro atoms. The van der Waals surface area contributed by atoms with Gasteiger partial charge in [-0.25, -0.2) is 4.39 Å². The molecule has 2 heteroatoms. The van der Waals surface area contributed by atoms with E-state index in [1.165, 1.54) is 17.2 Å². The molecule has 0 aromatic heterocycles. The maximum absolute atomic E-state index is 14.1. The minimum Gasteiger partial charge on any atom is -0.291 e. The summed E-state index contributed by atoms with van der Waals surface area (Å²) in [5.41, 5.74) is 3.86. The molecule has 0 N–H and O–H groups in total. The molecule has 3 aromatic carbocycles. The Balaban J connectivity index is 1.78. The van der Waals surface area contributed by atoms with Crippen LogP contribution in [-0.2, 0) is 13.1 Å². The minimum atomic E-state index is -0.216. The van der Waals surface area contributed by atoms with Crippen LogP contribution in [0.5, 0.6) is 0 Å². The van der Waals surface area contributed by atoms with Gasteiger partial charge in [0.1, 0.15) is 5.82 Å². The van der Waals surface area contributed by atoms with Crippen LogP contribution >= 0.6 is 0 Å². The second kappa shape index (κ2) is 8.41. The van der Waals surface area contributed by atoms with Crippen LogP contribution < -0.4 is 0 Å². The third kappa shape index (κ3) is 4.88. The van der Waals surface area contributed by atoms with Gasteiger partial charge in [0.2, 0.25) is 0 Å². The highest BCUT2D eigenvalue weighted by Crippen LogP contribution is 2.20. The van der Waals surface area contributed by atoms with Crippen molar-refractivity contribution in [3.8, 4) is 0 Å². The summed E-state index contributed by atoms with van der Waals surface area (Å²) in [5.74, 6) is -0.216. The van der Waals surface area contributed by atoms with Gasteiger partial charge in [-0.1, -0.05) is 85.4 Å². The number of benzene rings is 3. The van der Waals surface area contributed by atoms with Gasteiger partial charge in [0.25, 0.3) is 0 Å². The van der Waals surface area contributed by atoms with Gasteiger partial charge in [0.15, 0.2) is 0 Å². The molecule has 0 aliphatic heterocycles. The second-order valence-corrected chi connectivity index (χ2v) is 6.20. The van der Waals surface area contributed by atoms with Gasteiger partial charge in [-0.3, -0.25) is 4.90 Å². The van der Waals surface area contributed by atoms with E-state index in [-0.39, 0.29) is 5.82 Å². The van der Waals surface area contributed by atoms with E-state index in [4.69, 9.17) is 0 Å². The first-order valence-corrected chi connectivity index (χ1v) is 8.45. The standard InChI is InChI=1S/C23H22FN/c1-19(22-14-8-9-15-23(22)24)16-25(17-20-10-4-2-5-11-20)18-21-12-6-3-7-13-21/h2-15H,1,16-18H2. The van der Waals surface area contributed by atoms with Crippen LogP contribution in [0, 0.1) is 5.82 Å². The fourth-order valence-corrected chi connectivity index (χ4v) is 2.95. The topological polar surface area (TPSA) is 3.24 Å². The predicted molar refractivity (Wildman–Crippen MR) is 102 cm³/mol. The third-order valence-electron chi connectivity index (χ3n) is 4.17. The lowest BCUT2D eigenvalue weighted by Crippen LogP contribution is -2.24. The van der Waals surface area contributed by atoms with Crippen LogP contribution in [0.3, 0.4) is 0 Å². The summed E-state index contributed by atoms with van der Waals surface area (Å²) in [5, 5.41) is 0. The monoisotopic (exact) mass is 331 g/mol. The van der Waals surface area contributed by atoms with Crippen LogP contribution in [0.4, 0.5) is 4.39 Å². The molecule has 0 amide bonds. The Morgan fingerprint density at radius 1 is 0.720 bits per heavy atom. The van der Waals surface area contributed by atoms with Crippen LogP contribution in [-0.4, -0.2) is 11.4 Å². The summed E-state index contributed by atoms with van der Waals surface area (Å²) >= 11 is 0. The van der Waals surface area contributed by atoms with Crippen LogP contribution in [0.2, 0.25) is 0 Å². The molecule has 126 valence electrons. The van der Waals surface area contributed by atoms with Crippen molar-refractivity contribution in [3.05, 3.63) is 114 Å². The second-order valence-electron chi connectivity index (χ2n) is 6.20. The molecular weight excluding hydrogens is 309 g/mol. The van der Waals surface area contributed by atoms with E-state index in [0.29, 0.717) is 12.1 Å². The SMILES string of the molecule is C=C(CN(Cc1ccccc1)Cc1ccccc1)c1ccccc1F. The van der Waals surface area contributed by atoms with Gasteiger partial charge >= 0.3 is 0 Å². The van der Waals surface area contributed by atoms with Gasteiger partial charge in [0, 0.05) is 25.2 Å². The smallest absolute Gasteiger partial charge is 0.130 e. The first-order valence-electron chi connectivity index (χ1n) is 8.45. The summed E-state index contributed by atoms with van der Waals surface area (Å²) in [4.78, 5) is 2.29. The zero-order chi connectivity index (χ0) is 17.5. The van der Waals surface area contributed by atoms with Crippen molar-refractivity contribution in [2.75, 3.05) is 6.54 Å². The van der Waals surface area contributed by atoms with Gasteiger partial charge < -0.3 is 0 Å². The lowest BCUT2D eigenvalue weighted by molar-refractivity contribution is 0.290. The van der Waals surface area contributed by atoms with Gasteiger partial charge in [-0.2, -0.15) is 0 Å². The van der Waals surface area contributed by atoms with Crippen molar-refractivity contribution < 1.29 is 4.39 Å². The summed E-state index contributed by atoms with van der Waals surface area (Å²) in [6.07, 6.45) is 0. The summed E-state index contributed by atoms with van der Waals surface area (Å²) < 4.78 is 14.1. The van der Waals surface area contributed by atoms with Gasteiger partial charge in [-0.15, -0.1) is 0 Å². The summed E-state index contributed by atoms with van der Waals surface area (Å²) in [6.45, 7) is 6.33. The van der Waals surface area contributed by atoms with Gasteiger partial charge in [0.05, 0.1) is 0 Å². The molecule has 0 atom stereocenters. The normalized spacial score (nSPS) is 10.8. The molecule has 0 bridgehead atoms. The molecule has 3 rings (SSSR count). The summed E-state index contributed by atoms with van der Waals surface area (Å²) in [6, 6.07) is 27.5. The van der Waals surface area contributed by atoms with Crippen molar-refractivity contribution in [3.63, 3.8) is 0 Å². The average molecular weight is 331 g/mol. The highest BCUT2D eigenvalue weighted by Gasteiger charge is 2.12. The van der Waals surface area contributed by atoms with Crippen LogP contribution in [0.25, 0.3) is 5.57 Å². The van der Waals surface area contributed by atoms with E-state index in [1.807, 2.05) is 42.5 Å². The fourth-order valence-electron chi connectivity index (χ4n) is 2.95. The third-order valence-corrected chi connectivity index (χ3v) is 4.17. The molecule has 0 saturated heterocycles. The average Bonchev–Trinajstić information content (AvgIpc) is 2.63. The minimum absolute atomic E-state index is 0.216. The first kappa shape index (κ1) is 17.1. The Labute approximate surface area is 149 Å². The maximum Gasteiger partial charge on any atom is 0.130 e. The Hall–Kier alpha value is -2.71. The molecule has 0 saturated carbocycles. The van der Waals surface area contributed by atoms with Crippen molar-refractivity contribution in [2.24, 2.45) is 0 Å². The van der Waals surface area contributed by atoms with E-state index >= 15 is 0 Å².